The summed E-state index contributed by atoms with van der Waals surface area (Å²) in [5, 5.41) is 1.97. The quantitative estimate of drug-likeness (QED) is 0.602. The number of amides is 2. The molecule has 0 bridgehead atoms. The molecule has 2 aliphatic rings. The summed E-state index contributed by atoms with van der Waals surface area (Å²) in [6.45, 7) is 2.74. The van der Waals surface area contributed by atoms with Crippen molar-refractivity contribution in [2.75, 3.05) is 32.8 Å². The third kappa shape index (κ3) is 4.00. The molecule has 0 N–H and O–H groups in total. The third-order valence-corrected chi connectivity index (χ3v) is 5.80. The average Bonchev–Trinajstić information content (AvgIpc) is 3.16. The first-order chi connectivity index (χ1) is 11.1. The van der Waals surface area contributed by atoms with Crippen LogP contribution < -0.4 is 0 Å². The predicted octanol–water partition coefficient (Wildman–Crippen LogP) is 2.20. The molecule has 2 fully saturated rings. The Balaban J connectivity index is 1.58. The van der Waals surface area contributed by atoms with Gasteiger partial charge in [0.25, 0.3) is 5.91 Å². The second kappa shape index (κ2) is 7.57. The van der Waals surface area contributed by atoms with E-state index in [1.165, 1.54) is 16.7 Å². The predicted molar refractivity (Wildman–Crippen MR) is 96.2 cm³/mol. The Morgan fingerprint density at radius 3 is 2.87 bits per heavy atom. The monoisotopic (exact) mass is 368 g/mol. The number of hydrogen-bond acceptors (Lipinski definition) is 6. The number of ether oxygens (including phenoxy) is 1. The molecule has 0 atom stereocenters. The van der Waals surface area contributed by atoms with Crippen LogP contribution in [0.5, 0.6) is 0 Å². The number of rotatable bonds is 4. The fourth-order valence-electron chi connectivity index (χ4n) is 2.37. The van der Waals surface area contributed by atoms with E-state index in [0.717, 1.165) is 4.88 Å². The Hall–Kier alpha value is -1.22. The SMILES string of the molecule is O=C(CCN1C(=O)C(=Cc2cccs2)SC1=S)N1CCOCC1. The Morgan fingerprint density at radius 1 is 1.39 bits per heavy atom. The van der Waals surface area contributed by atoms with Crippen LogP contribution in [0, 0.1) is 0 Å². The van der Waals surface area contributed by atoms with Crippen molar-refractivity contribution in [2.24, 2.45) is 0 Å². The zero-order valence-electron chi connectivity index (χ0n) is 12.4. The molecule has 0 unspecified atom stereocenters. The lowest BCUT2D eigenvalue weighted by atomic mass is 10.3. The second-order valence-electron chi connectivity index (χ2n) is 5.09. The lowest BCUT2D eigenvalue weighted by Gasteiger charge is -2.27. The van der Waals surface area contributed by atoms with Crippen molar-refractivity contribution >= 4 is 57.5 Å². The van der Waals surface area contributed by atoms with Gasteiger partial charge in [-0.05, 0) is 17.5 Å². The summed E-state index contributed by atoms with van der Waals surface area (Å²) in [7, 11) is 0. The van der Waals surface area contributed by atoms with Crippen molar-refractivity contribution < 1.29 is 14.3 Å². The molecule has 3 rings (SSSR count). The Morgan fingerprint density at radius 2 is 2.17 bits per heavy atom. The van der Waals surface area contributed by atoms with Crippen LogP contribution in [0.4, 0.5) is 0 Å². The van der Waals surface area contributed by atoms with Gasteiger partial charge in [-0.3, -0.25) is 14.5 Å². The molecule has 5 nitrogen and oxygen atoms in total. The summed E-state index contributed by atoms with van der Waals surface area (Å²) in [4.78, 5) is 29.6. The van der Waals surface area contributed by atoms with E-state index in [1.54, 1.807) is 16.2 Å². The molecule has 122 valence electrons. The van der Waals surface area contributed by atoms with Crippen molar-refractivity contribution in [3.63, 3.8) is 0 Å². The van der Waals surface area contributed by atoms with E-state index >= 15 is 0 Å². The fourth-order valence-corrected chi connectivity index (χ4v) is 4.41. The van der Waals surface area contributed by atoms with E-state index in [9.17, 15) is 9.59 Å². The van der Waals surface area contributed by atoms with Crippen molar-refractivity contribution in [3.05, 3.63) is 27.3 Å². The van der Waals surface area contributed by atoms with E-state index in [4.69, 9.17) is 17.0 Å². The standard InChI is InChI=1S/C15H16N2O3S3/c18-13(16-5-7-20-8-6-16)3-4-17-14(19)12(23-15(17)21)10-11-2-1-9-22-11/h1-2,9-10H,3-8H2. The number of morpholine rings is 1. The summed E-state index contributed by atoms with van der Waals surface area (Å²) in [6.07, 6.45) is 2.15. The molecule has 0 aromatic carbocycles. The van der Waals surface area contributed by atoms with Crippen LogP contribution >= 0.6 is 35.3 Å². The van der Waals surface area contributed by atoms with Crippen LogP contribution in [0.25, 0.3) is 6.08 Å². The summed E-state index contributed by atoms with van der Waals surface area (Å²) in [6, 6.07) is 3.90. The van der Waals surface area contributed by atoms with Gasteiger partial charge in [-0.1, -0.05) is 30.0 Å². The van der Waals surface area contributed by atoms with Gasteiger partial charge in [0.05, 0.1) is 18.1 Å². The number of thiocarbonyl (C=S) groups is 1. The highest BCUT2D eigenvalue weighted by atomic mass is 32.2. The topological polar surface area (TPSA) is 49.9 Å². The minimum atomic E-state index is -0.108. The van der Waals surface area contributed by atoms with Crippen molar-refractivity contribution in [1.29, 1.82) is 0 Å². The van der Waals surface area contributed by atoms with Crippen LogP contribution in [0.3, 0.4) is 0 Å². The maximum Gasteiger partial charge on any atom is 0.266 e. The maximum atomic E-state index is 12.4. The molecule has 2 saturated heterocycles. The number of hydrogen-bond donors (Lipinski definition) is 0. The first kappa shape index (κ1) is 16.6. The van der Waals surface area contributed by atoms with Gasteiger partial charge in [-0.25, -0.2) is 0 Å². The smallest absolute Gasteiger partial charge is 0.266 e. The molecule has 0 radical (unpaired) electrons. The Kier molecular flexibility index (Phi) is 5.47. The van der Waals surface area contributed by atoms with Gasteiger partial charge in [0.1, 0.15) is 4.32 Å². The first-order valence-electron chi connectivity index (χ1n) is 7.29. The highest BCUT2D eigenvalue weighted by Gasteiger charge is 2.32. The molecule has 23 heavy (non-hydrogen) atoms. The number of nitrogens with zero attached hydrogens (tertiary/aromatic N) is 2. The van der Waals surface area contributed by atoms with Crippen LogP contribution in [-0.2, 0) is 14.3 Å². The normalized spacial score (nSPS) is 20.6. The summed E-state index contributed by atoms with van der Waals surface area (Å²) >= 11 is 8.16. The van der Waals surface area contributed by atoms with Gasteiger partial charge in [-0.15, -0.1) is 11.3 Å². The molecule has 0 spiro atoms. The minimum absolute atomic E-state index is 0.0459. The van der Waals surface area contributed by atoms with Crippen LogP contribution in [0.1, 0.15) is 11.3 Å². The van der Waals surface area contributed by atoms with Gasteiger partial charge in [0.15, 0.2) is 0 Å². The zero-order valence-corrected chi connectivity index (χ0v) is 14.8. The largest absolute Gasteiger partial charge is 0.378 e. The third-order valence-electron chi connectivity index (χ3n) is 3.60. The van der Waals surface area contributed by atoms with Crippen molar-refractivity contribution in [3.8, 4) is 0 Å². The van der Waals surface area contributed by atoms with Gasteiger partial charge in [0, 0.05) is 30.9 Å². The molecule has 8 heteroatoms. The van der Waals surface area contributed by atoms with Crippen LogP contribution in [0.2, 0.25) is 0 Å². The molecule has 0 saturated carbocycles. The first-order valence-corrected chi connectivity index (χ1v) is 9.40. The fraction of sp³-hybridized carbons (Fsp3) is 0.400. The lowest BCUT2D eigenvalue weighted by molar-refractivity contribution is -0.135. The Labute approximate surface area is 148 Å². The van der Waals surface area contributed by atoms with Gasteiger partial charge < -0.3 is 9.64 Å². The van der Waals surface area contributed by atoms with Crippen LogP contribution in [0.15, 0.2) is 22.4 Å². The molecular weight excluding hydrogens is 352 g/mol. The van der Waals surface area contributed by atoms with E-state index < -0.39 is 0 Å². The average molecular weight is 369 g/mol. The molecule has 3 heterocycles. The van der Waals surface area contributed by atoms with Gasteiger partial charge in [0.2, 0.25) is 5.91 Å². The number of carbonyl (C=O) groups excluding carboxylic acids is 2. The molecule has 2 amide bonds. The van der Waals surface area contributed by atoms with E-state index in [-0.39, 0.29) is 11.8 Å². The molecule has 0 aliphatic carbocycles. The van der Waals surface area contributed by atoms with Crippen molar-refractivity contribution in [2.45, 2.75) is 6.42 Å². The zero-order chi connectivity index (χ0) is 16.2. The van der Waals surface area contributed by atoms with E-state index in [0.29, 0.717) is 48.5 Å². The van der Waals surface area contributed by atoms with E-state index in [1.807, 2.05) is 23.6 Å². The van der Waals surface area contributed by atoms with E-state index in [2.05, 4.69) is 0 Å². The van der Waals surface area contributed by atoms with Gasteiger partial charge in [-0.2, -0.15) is 0 Å². The molecular formula is C15H16N2O3S3. The highest BCUT2D eigenvalue weighted by molar-refractivity contribution is 8.26. The highest BCUT2D eigenvalue weighted by Crippen LogP contribution is 2.33. The Bertz CT molecular complexity index is 636. The number of carbonyl (C=O) groups is 2. The van der Waals surface area contributed by atoms with Gasteiger partial charge >= 0.3 is 0 Å². The summed E-state index contributed by atoms with van der Waals surface area (Å²) in [5.41, 5.74) is 0. The maximum absolute atomic E-state index is 12.4. The van der Waals surface area contributed by atoms with Crippen molar-refractivity contribution in [1.82, 2.24) is 9.80 Å². The number of thiophene rings is 1. The molecule has 1 aromatic heterocycles. The number of thioether (sulfide) groups is 1. The van der Waals surface area contributed by atoms with Crippen LogP contribution in [-0.4, -0.2) is 58.8 Å². The minimum Gasteiger partial charge on any atom is -0.378 e. The lowest BCUT2D eigenvalue weighted by Crippen LogP contribution is -2.42. The molecule has 1 aromatic rings. The summed E-state index contributed by atoms with van der Waals surface area (Å²) in [5.74, 6) is -0.0623. The summed E-state index contributed by atoms with van der Waals surface area (Å²) < 4.78 is 5.76. The second-order valence-corrected chi connectivity index (χ2v) is 7.75. The molecule has 2 aliphatic heterocycles.